The van der Waals surface area contributed by atoms with Gasteiger partial charge in [-0.05, 0) is 30.7 Å². The largest absolute Gasteiger partial charge is 0.379 e. The van der Waals surface area contributed by atoms with Crippen molar-refractivity contribution < 1.29 is 22.5 Å². The topological polar surface area (TPSA) is 102 Å². The van der Waals surface area contributed by atoms with Crippen molar-refractivity contribution in [3.05, 3.63) is 69.5 Å². The molecular formula is C19H22FN3O5S. The van der Waals surface area contributed by atoms with E-state index in [1.807, 2.05) is 4.90 Å². The quantitative estimate of drug-likeness (QED) is 0.542. The van der Waals surface area contributed by atoms with Gasteiger partial charge in [0.05, 0.1) is 23.0 Å². The monoisotopic (exact) mass is 423 g/mol. The molecule has 1 unspecified atom stereocenters. The Labute approximate surface area is 168 Å². The number of hydrogen-bond donors (Lipinski definition) is 1. The number of nitrogens with one attached hydrogen (secondary N) is 1. The first-order valence-corrected chi connectivity index (χ1v) is 10.6. The molecule has 1 fully saturated rings. The van der Waals surface area contributed by atoms with Gasteiger partial charge in [0, 0.05) is 37.3 Å². The molecule has 1 atom stereocenters. The van der Waals surface area contributed by atoms with Crippen molar-refractivity contribution in [1.29, 1.82) is 0 Å². The smallest absolute Gasteiger partial charge is 0.273 e. The molecule has 8 nitrogen and oxygen atoms in total. The SMILES string of the molecule is Cc1ccc(S(=O)(=O)NCC(c2cccc(F)c2)N2CCOCC2)cc1[N+](=O)[O-]. The molecule has 2 aromatic carbocycles. The average molecular weight is 423 g/mol. The zero-order valence-electron chi connectivity index (χ0n) is 15.9. The van der Waals surface area contributed by atoms with E-state index in [2.05, 4.69) is 4.72 Å². The zero-order valence-corrected chi connectivity index (χ0v) is 16.7. The van der Waals surface area contributed by atoms with Gasteiger partial charge in [-0.25, -0.2) is 17.5 Å². The Morgan fingerprint density at radius 3 is 2.62 bits per heavy atom. The van der Waals surface area contributed by atoms with Crippen LogP contribution in [0.1, 0.15) is 17.2 Å². The molecule has 156 valence electrons. The zero-order chi connectivity index (χ0) is 21.0. The van der Waals surface area contributed by atoms with Crippen molar-refractivity contribution >= 4 is 15.7 Å². The molecule has 1 aliphatic rings. The van der Waals surface area contributed by atoms with Crippen LogP contribution in [0.2, 0.25) is 0 Å². The van der Waals surface area contributed by atoms with E-state index in [-0.39, 0.29) is 17.1 Å². The van der Waals surface area contributed by atoms with Crippen molar-refractivity contribution in [1.82, 2.24) is 9.62 Å². The normalized spacial score (nSPS) is 16.5. The summed E-state index contributed by atoms with van der Waals surface area (Å²) in [7, 11) is -3.99. The Morgan fingerprint density at radius 2 is 1.97 bits per heavy atom. The summed E-state index contributed by atoms with van der Waals surface area (Å²) >= 11 is 0. The van der Waals surface area contributed by atoms with Gasteiger partial charge in [-0.15, -0.1) is 0 Å². The molecule has 0 bridgehead atoms. The highest BCUT2D eigenvalue weighted by Gasteiger charge is 2.26. The third-order valence-corrected chi connectivity index (χ3v) is 6.30. The van der Waals surface area contributed by atoms with Crippen LogP contribution in [0.3, 0.4) is 0 Å². The Kier molecular flexibility index (Phi) is 6.58. The van der Waals surface area contributed by atoms with Gasteiger partial charge in [-0.2, -0.15) is 0 Å². The summed E-state index contributed by atoms with van der Waals surface area (Å²) in [5.41, 5.74) is 0.757. The molecule has 1 heterocycles. The first kappa shape index (κ1) is 21.3. The maximum atomic E-state index is 13.7. The number of benzene rings is 2. The number of morpholine rings is 1. The van der Waals surface area contributed by atoms with Crippen LogP contribution in [0.25, 0.3) is 0 Å². The van der Waals surface area contributed by atoms with Crippen LogP contribution in [0.4, 0.5) is 10.1 Å². The minimum Gasteiger partial charge on any atom is -0.379 e. The van der Waals surface area contributed by atoms with E-state index in [1.165, 1.54) is 24.3 Å². The van der Waals surface area contributed by atoms with E-state index < -0.39 is 26.8 Å². The number of nitro benzene ring substituents is 1. The lowest BCUT2D eigenvalue weighted by Gasteiger charge is -2.34. The number of nitro groups is 1. The number of ether oxygens (including phenoxy) is 1. The summed E-state index contributed by atoms with van der Waals surface area (Å²) in [6.07, 6.45) is 0. The van der Waals surface area contributed by atoms with Crippen molar-refractivity contribution in [2.24, 2.45) is 0 Å². The Hall–Kier alpha value is -2.40. The third kappa shape index (κ3) is 5.15. The van der Waals surface area contributed by atoms with Gasteiger partial charge in [0.2, 0.25) is 10.0 Å². The van der Waals surface area contributed by atoms with E-state index >= 15 is 0 Å². The lowest BCUT2D eigenvalue weighted by Crippen LogP contribution is -2.43. The fourth-order valence-electron chi connectivity index (χ4n) is 3.29. The van der Waals surface area contributed by atoms with Crippen molar-refractivity contribution in [2.75, 3.05) is 32.8 Å². The minimum atomic E-state index is -3.99. The summed E-state index contributed by atoms with van der Waals surface area (Å²) in [6.45, 7) is 3.71. The second kappa shape index (κ2) is 8.95. The Morgan fingerprint density at radius 1 is 1.24 bits per heavy atom. The fraction of sp³-hybridized carbons (Fsp3) is 0.368. The van der Waals surface area contributed by atoms with Gasteiger partial charge >= 0.3 is 0 Å². The highest BCUT2D eigenvalue weighted by atomic mass is 32.2. The molecule has 0 spiro atoms. The first-order chi connectivity index (χ1) is 13.8. The molecule has 0 aromatic heterocycles. The molecule has 3 rings (SSSR count). The van der Waals surface area contributed by atoms with Gasteiger partial charge in [0.1, 0.15) is 5.82 Å². The van der Waals surface area contributed by atoms with Crippen LogP contribution in [0.5, 0.6) is 0 Å². The summed E-state index contributed by atoms with van der Waals surface area (Å²) in [5, 5.41) is 11.1. The number of sulfonamides is 1. The summed E-state index contributed by atoms with van der Waals surface area (Å²) < 4.78 is 47.1. The highest BCUT2D eigenvalue weighted by molar-refractivity contribution is 7.89. The number of halogens is 1. The van der Waals surface area contributed by atoms with Gasteiger partial charge in [0.15, 0.2) is 0 Å². The number of hydrogen-bond acceptors (Lipinski definition) is 6. The third-order valence-electron chi connectivity index (χ3n) is 4.87. The molecule has 0 saturated carbocycles. The molecule has 1 N–H and O–H groups in total. The van der Waals surface area contributed by atoms with Gasteiger partial charge in [0.25, 0.3) is 5.69 Å². The lowest BCUT2D eigenvalue weighted by molar-refractivity contribution is -0.385. The first-order valence-electron chi connectivity index (χ1n) is 9.10. The molecule has 0 aliphatic carbocycles. The molecular weight excluding hydrogens is 401 g/mol. The van der Waals surface area contributed by atoms with Crippen molar-refractivity contribution in [3.8, 4) is 0 Å². The van der Waals surface area contributed by atoms with E-state index in [0.717, 1.165) is 6.07 Å². The van der Waals surface area contributed by atoms with E-state index in [0.29, 0.717) is 37.4 Å². The Balaban J connectivity index is 1.84. The van der Waals surface area contributed by atoms with Crippen LogP contribution >= 0.6 is 0 Å². The average Bonchev–Trinajstić information content (AvgIpc) is 2.69. The number of nitrogens with zero attached hydrogens (tertiary/aromatic N) is 2. The van der Waals surface area contributed by atoms with E-state index in [1.54, 1.807) is 19.1 Å². The van der Waals surface area contributed by atoms with Gasteiger partial charge in [-0.1, -0.05) is 18.2 Å². The minimum absolute atomic E-state index is 0.00649. The standard InChI is InChI=1S/C19H22FN3O5S/c1-14-5-6-17(12-18(14)23(24)25)29(26,27)21-13-19(22-7-9-28-10-8-22)15-3-2-4-16(20)11-15/h2-6,11-12,19,21H,7-10,13H2,1H3. The predicted molar refractivity (Wildman–Crippen MR) is 105 cm³/mol. The predicted octanol–water partition coefficient (Wildman–Crippen LogP) is 2.39. The molecule has 1 saturated heterocycles. The van der Waals surface area contributed by atoms with Gasteiger partial charge < -0.3 is 4.74 Å². The van der Waals surface area contributed by atoms with Crippen LogP contribution in [-0.2, 0) is 14.8 Å². The highest BCUT2D eigenvalue weighted by Crippen LogP contribution is 2.25. The molecule has 10 heteroatoms. The summed E-state index contributed by atoms with van der Waals surface area (Å²) in [6, 6.07) is 9.41. The van der Waals surface area contributed by atoms with Crippen LogP contribution < -0.4 is 4.72 Å². The van der Waals surface area contributed by atoms with Crippen LogP contribution in [0.15, 0.2) is 47.4 Å². The maximum absolute atomic E-state index is 13.7. The van der Waals surface area contributed by atoms with Crippen molar-refractivity contribution in [2.45, 2.75) is 17.9 Å². The number of aryl methyl sites for hydroxylation is 1. The molecule has 1 aliphatic heterocycles. The maximum Gasteiger partial charge on any atom is 0.273 e. The molecule has 0 amide bonds. The van der Waals surface area contributed by atoms with E-state index in [9.17, 15) is 22.9 Å². The second-order valence-electron chi connectivity index (χ2n) is 6.78. The molecule has 0 radical (unpaired) electrons. The Bertz CT molecular complexity index is 993. The lowest BCUT2D eigenvalue weighted by atomic mass is 10.0. The second-order valence-corrected chi connectivity index (χ2v) is 8.54. The van der Waals surface area contributed by atoms with Crippen LogP contribution in [-0.4, -0.2) is 51.1 Å². The number of rotatable bonds is 7. The fourth-order valence-corrected chi connectivity index (χ4v) is 4.34. The van der Waals surface area contributed by atoms with E-state index in [4.69, 9.17) is 4.74 Å². The molecule has 2 aromatic rings. The molecule has 29 heavy (non-hydrogen) atoms. The van der Waals surface area contributed by atoms with Gasteiger partial charge in [-0.3, -0.25) is 15.0 Å². The van der Waals surface area contributed by atoms with Crippen molar-refractivity contribution in [3.63, 3.8) is 0 Å². The summed E-state index contributed by atoms with van der Waals surface area (Å²) in [4.78, 5) is 12.4. The van der Waals surface area contributed by atoms with Crippen LogP contribution in [0, 0.1) is 22.9 Å². The summed E-state index contributed by atoms with van der Waals surface area (Å²) in [5.74, 6) is -0.405.